The molecule has 0 aliphatic rings. The van der Waals surface area contributed by atoms with E-state index in [1.807, 2.05) is 24.3 Å². The summed E-state index contributed by atoms with van der Waals surface area (Å²) in [5, 5.41) is 3.11. The molecule has 0 radical (unpaired) electrons. The fourth-order valence-corrected chi connectivity index (χ4v) is 2.18. The first-order chi connectivity index (χ1) is 9.65. The Hall–Kier alpha value is -2.21. The topological polar surface area (TPSA) is 73.3 Å². The molecule has 1 aromatic heterocycles. The lowest BCUT2D eigenvalue weighted by Gasteiger charge is -2.06. The van der Waals surface area contributed by atoms with Gasteiger partial charge >= 0.3 is 0 Å². The molecule has 0 unspecified atom stereocenters. The lowest BCUT2D eigenvalue weighted by atomic mass is 10.3. The van der Waals surface area contributed by atoms with Gasteiger partial charge in [-0.15, -0.1) is 0 Å². The van der Waals surface area contributed by atoms with Gasteiger partial charge in [-0.2, -0.15) is 4.98 Å². The first kappa shape index (κ1) is 12.8. The van der Waals surface area contributed by atoms with Crippen LogP contribution < -0.4 is 15.8 Å². The quantitative estimate of drug-likeness (QED) is 0.710. The van der Waals surface area contributed by atoms with Crippen molar-refractivity contribution in [3.8, 4) is 5.75 Å². The second-order valence-electron chi connectivity index (χ2n) is 4.22. The van der Waals surface area contributed by atoms with E-state index in [-0.39, 0.29) is 0 Å². The molecule has 3 rings (SSSR count). The van der Waals surface area contributed by atoms with E-state index >= 15 is 0 Å². The average Bonchev–Trinajstić information content (AvgIpc) is 2.82. The summed E-state index contributed by atoms with van der Waals surface area (Å²) in [4.78, 5) is 4.35. The Morgan fingerprint density at radius 2 is 2.10 bits per heavy atom. The van der Waals surface area contributed by atoms with Crippen LogP contribution in [-0.2, 0) is 0 Å². The number of nitrogens with two attached hydrogens (primary N) is 1. The summed E-state index contributed by atoms with van der Waals surface area (Å²) in [5.41, 5.74) is 8.56. The Labute approximate surface area is 123 Å². The highest BCUT2D eigenvalue weighted by molar-refractivity contribution is 9.10. The van der Waals surface area contributed by atoms with Gasteiger partial charge in [0.25, 0.3) is 6.01 Å². The minimum atomic E-state index is 0.402. The zero-order valence-electron chi connectivity index (χ0n) is 10.7. The highest BCUT2D eigenvalue weighted by Gasteiger charge is 2.09. The Morgan fingerprint density at radius 1 is 1.25 bits per heavy atom. The Morgan fingerprint density at radius 3 is 2.90 bits per heavy atom. The minimum absolute atomic E-state index is 0.402. The lowest BCUT2D eigenvalue weighted by Crippen LogP contribution is -1.92. The standard InChI is InChI=1S/C14H12BrN3O2/c1-19-9-3-4-10(15)12(7-9)18-14-17-11-5-2-8(16)6-13(11)20-14/h2-7H,16H2,1H3,(H,17,18). The molecule has 0 spiro atoms. The maximum Gasteiger partial charge on any atom is 0.300 e. The molecule has 2 aromatic carbocycles. The first-order valence-electron chi connectivity index (χ1n) is 5.92. The number of nitrogens with one attached hydrogen (secondary N) is 1. The third-order valence-electron chi connectivity index (χ3n) is 2.83. The highest BCUT2D eigenvalue weighted by atomic mass is 79.9. The van der Waals surface area contributed by atoms with Gasteiger partial charge in [0.1, 0.15) is 11.3 Å². The first-order valence-corrected chi connectivity index (χ1v) is 6.71. The number of hydrogen-bond acceptors (Lipinski definition) is 5. The zero-order valence-corrected chi connectivity index (χ0v) is 12.3. The van der Waals surface area contributed by atoms with Crippen molar-refractivity contribution in [2.24, 2.45) is 0 Å². The van der Waals surface area contributed by atoms with Crippen LogP contribution in [0.5, 0.6) is 5.75 Å². The van der Waals surface area contributed by atoms with Gasteiger partial charge in [0.05, 0.1) is 12.8 Å². The van der Waals surface area contributed by atoms with Gasteiger partial charge in [0.2, 0.25) is 0 Å². The minimum Gasteiger partial charge on any atom is -0.497 e. The molecule has 5 nitrogen and oxygen atoms in total. The fraction of sp³-hybridized carbons (Fsp3) is 0.0714. The molecule has 20 heavy (non-hydrogen) atoms. The van der Waals surface area contributed by atoms with Crippen molar-refractivity contribution in [3.63, 3.8) is 0 Å². The molecule has 3 aromatic rings. The van der Waals surface area contributed by atoms with Gasteiger partial charge in [-0.3, -0.25) is 0 Å². The number of benzene rings is 2. The van der Waals surface area contributed by atoms with Crippen LogP contribution in [-0.4, -0.2) is 12.1 Å². The van der Waals surface area contributed by atoms with Crippen LogP contribution in [0.15, 0.2) is 45.3 Å². The van der Waals surface area contributed by atoms with Crippen molar-refractivity contribution in [1.29, 1.82) is 0 Å². The number of nitrogens with zero attached hydrogens (tertiary/aromatic N) is 1. The Kier molecular flexibility index (Phi) is 3.23. The van der Waals surface area contributed by atoms with Crippen molar-refractivity contribution in [1.82, 2.24) is 4.98 Å². The van der Waals surface area contributed by atoms with Crippen molar-refractivity contribution in [2.45, 2.75) is 0 Å². The second-order valence-corrected chi connectivity index (χ2v) is 5.07. The summed E-state index contributed by atoms with van der Waals surface area (Å²) in [5.74, 6) is 0.746. The van der Waals surface area contributed by atoms with Crippen molar-refractivity contribution in [2.75, 3.05) is 18.2 Å². The van der Waals surface area contributed by atoms with Crippen LogP contribution in [0.3, 0.4) is 0 Å². The zero-order chi connectivity index (χ0) is 14.1. The van der Waals surface area contributed by atoms with E-state index < -0.39 is 0 Å². The summed E-state index contributed by atoms with van der Waals surface area (Å²) in [6, 6.07) is 11.4. The lowest BCUT2D eigenvalue weighted by molar-refractivity contribution is 0.415. The number of nitrogen functional groups attached to an aromatic ring is 1. The Bertz CT molecular complexity index is 770. The third-order valence-corrected chi connectivity index (χ3v) is 3.52. The van der Waals surface area contributed by atoms with Gasteiger partial charge in [-0.1, -0.05) is 0 Å². The van der Waals surface area contributed by atoms with Crippen LogP contribution in [0.1, 0.15) is 0 Å². The number of halogens is 1. The molecule has 0 saturated carbocycles. The predicted octanol–water partition coefficient (Wildman–Crippen LogP) is 3.92. The molecule has 0 fully saturated rings. The largest absolute Gasteiger partial charge is 0.497 e. The van der Waals surface area contributed by atoms with E-state index in [9.17, 15) is 0 Å². The molecule has 0 bridgehead atoms. The number of rotatable bonds is 3. The molecule has 0 saturated heterocycles. The molecule has 6 heteroatoms. The van der Waals surface area contributed by atoms with Crippen LogP contribution >= 0.6 is 15.9 Å². The molecule has 0 aliphatic heterocycles. The predicted molar refractivity (Wildman–Crippen MR) is 82.4 cm³/mol. The molecule has 0 atom stereocenters. The molecular weight excluding hydrogens is 322 g/mol. The monoisotopic (exact) mass is 333 g/mol. The van der Waals surface area contributed by atoms with Gasteiger partial charge in [-0.25, -0.2) is 0 Å². The summed E-state index contributed by atoms with van der Waals surface area (Å²) in [6.45, 7) is 0. The maximum absolute atomic E-state index is 5.72. The number of hydrogen-bond donors (Lipinski definition) is 2. The number of methoxy groups -OCH3 is 1. The third kappa shape index (κ3) is 2.42. The normalized spacial score (nSPS) is 10.7. The van der Waals surface area contributed by atoms with Crippen LogP contribution in [0.2, 0.25) is 0 Å². The Balaban J connectivity index is 1.96. The molecule has 0 amide bonds. The van der Waals surface area contributed by atoms with E-state index in [1.165, 1.54) is 0 Å². The summed E-state index contributed by atoms with van der Waals surface area (Å²) >= 11 is 3.47. The fourth-order valence-electron chi connectivity index (χ4n) is 1.84. The summed E-state index contributed by atoms with van der Waals surface area (Å²) in [6.07, 6.45) is 0. The SMILES string of the molecule is COc1ccc(Br)c(Nc2nc3ccc(N)cc3o2)c1. The highest BCUT2D eigenvalue weighted by Crippen LogP contribution is 2.31. The van der Waals surface area contributed by atoms with Gasteiger partial charge in [0, 0.05) is 22.3 Å². The molecular formula is C14H12BrN3O2. The summed E-state index contributed by atoms with van der Waals surface area (Å²) < 4.78 is 11.7. The van der Waals surface area contributed by atoms with Gasteiger partial charge in [0.15, 0.2) is 5.58 Å². The second kappa shape index (κ2) is 5.05. The van der Waals surface area contributed by atoms with Crippen molar-refractivity contribution < 1.29 is 9.15 Å². The smallest absolute Gasteiger partial charge is 0.300 e. The van der Waals surface area contributed by atoms with Crippen molar-refractivity contribution in [3.05, 3.63) is 40.9 Å². The van der Waals surface area contributed by atoms with Crippen LogP contribution in [0, 0.1) is 0 Å². The molecule has 3 N–H and O–H groups in total. The van der Waals surface area contributed by atoms with Crippen LogP contribution in [0.4, 0.5) is 17.4 Å². The summed E-state index contributed by atoms with van der Waals surface area (Å²) in [7, 11) is 1.62. The van der Waals surface area contributed by atoms with E-state index in [4.69, 9.17) is 14.9 Å². The van der Waals surface area contributed by atoms with E-state index in [0.717, 1.165) is 21.4 Å². The average molecular weight is 334 g/mol. The number of ether oxygens (including phenoxy) is 1. The number of anilines is 3. The number of aromatic nitrogens is 1. The number of fused-ring (bicyclic) bond motifs is 1. The van der Waals surface area contributed by atoms with Crippen LogP contribution in [0.25, 0.3) is 11.1 Å². The molecule has 102 valence electrons. The van der Waals surface area contributed by atoms with Gasteiger partial charge in [-0.05, 0) is 40.2 Å². The van der Waals surface area contributed by atoms with E-state index in [1.54, 1.807) is 19.2 Å². The van der Waals surface area contributed by atoms with Gasteiger partial charge < -0.3 is 20.2 Å². The van der Waals surface area contributed by atoms with Crippen molar-refractivity contribution >= 4 is 44.4 Å². The number of oxazole rings is 1. The molecule has 0 aliphatic carbocycles. The molecule has 1 heterocycles. The van der Waals surface area contributed by atoms with E-state index in [0.29, 0.717) is 17.3 Å². The maximum atomic E-state index is 5.72. The van der Waals surface area contributed by atoms with E-state index in [2.05, 4.69) is 26.2 Å².